The molecule has 5 nitrogen and oxygen atoms in total. The van der Waals surface area contributed by atoms with Crippen LogP contribution in [0.15, 0.2) is 42.5 Å². The van der Waals surface area contributed by atoms with Crippen molar-refractivity contribution in [1.29, 1.82) is 0 Å². The summed E-state index contributed by atoms with van der Waals surface area (Å²) in [6.07, 6.45) is 0. The van der Waals surface area contributed by atoms with Gasteiger partial charge in [0.2, 0.25) is 0 Å². The average Bonchev–Trinajstić information content (AvgIpc) is 2.84. The quantitative estimate of drug-likeness (QED) is 0.805. The number of aromatic nitrogens is 2. The Labute approximate surface area is 125 Å². The summed E-state index contributed by atoms with van der Waals surface area (Å²) >= 11 is 6.13. The highest BCUT2D eigenvalue weighted by Gasteiger charge is 2.19. The zero-order valence-electron chi connectivity index (χ0n) is 11.1. The molecule has 0 saturated carbocycles. The van der Waals surface area contributed by atoms with E-state index in [1.54, 1.807) is 25.3 Å². The standard InChI is InChI=1S/C15H11ClN2O3/c1-21-12-8-3-2-5-9(12)14-17-13(16)10-6-4-7-11(15(19)20)18(10)14/h2-8H,1H3,(H,19,20). The third kappa shape index (κ3) is 2.11. The molecule has 3 aromatic rings. The molecule has 0 fully saturated rings. The molecular formula is C15H11ClN2O3. The van der Waals surface area contributed by atoms with E-state index in [0.717, 1.165) is 0 Å². The van der Waals surface area contributed by atoms with Crippen molar-refractivity contribution in [3.05, 3.63) is 53.3 Å². The molecule has 2 heterocycles. The van der Waals surface area contributed by atoms with Crippen LogP contribution in [0.5, 0.6) is 5.75 Å². The van der Waals surface area contributed by atoms with Crippen LogP contribution < -0.4 is 4.74 Å². The second-order valence-corrected chi connectivity index (χ2v) is 4.72. The van der Waals surface area contributed by atoms with Crippen LogP contribution in [-0.4, -0.2) is 27.6 Å². The number of carbonyl (C=O) groups is 1. The van der Waals surface area contributed by atoms with E-state index in [2.05, 4.69) is 4.98 Å². The second-order valence-electron chi connectivity index (χ2n) is 4.36. The van der Waals surface area contributed by atoms with E-state index in [4.69, 9.17) is 16.3 Å². The Morgan fingerprint density at radius 1 is 1.24 bits per heavy atom. The number of aromatic carboxylic acids is 1. The zero-order valence-corrected chi connectivity index (χ0v) is 11.8. The number of rotatable bonds is 3. The van der Waals surface area contributed by atoms with Crippen molar-refractivity contribution in [3.63, 3.8) is 0 Å². The second kappa shape index (κ2) is 5.10. The van der Waals surface area contributed by atoms with Crippen LogP contribution >= 0.6 is 11.6 Å². The fraction of sp³-hybridized carbons (Fsp3) is 0.0667. The number of ether oxygens (including phenoxy) is 1. The van der Waals surface area contributed by atoms with Gasteiger partial charge < -0.3 is 9.84 Å². The summed E-state index contributed by atoms with van der Waals surface area (Å²) in [5.74, 6) is -0.0162. The number of hydrogen-bond donors (Lipinski definition) is 1. The van der Waals surface area contributed by atoms with Crippen LogP contribution in [0.1, 0.15) is 10.5 Å². The Kier molecular flexibility index (Phi) is 3.27. The number of methoxy groups -OCH3 is 1. The Balaban J connectivity index is 2.41. The van der Waals surface area contributed by atoms with Crippen LogP contribution in [-0.2, 0) is 0 Å². The molecule has 0 aliphatic rings. The van der Waals surface area contributed by atoms with Gasteiger partial charge in [0.15, 0.2) is 11.0 Å². The molecule has 0 amide bonds. The van der Waals surface area contributed by atoms with Gasteiger partial charge in [0.05, 0.1) is 18.2 Å². The molecule has 1 aromatic carbocycles. The van der Waals surface area contributed by atoms with Gasteiger partial charge in [-0.25, -0.2) is 9.78 Å². The molecule has 0 bridgehead atoms. The lowest BCUT2D eigenvalue weighted by Crippen LogP contribution is -2.06. The number of fused-ring (bicyclic) bond motifs is 1. The van der Waals surface area contributed by atoms with Gasteiger partial charge >= 0.3 is 5.97 Å². The van der Waals surface area contributed by atoms with Gasteiger partial charge in [-0.15, -0.1) is 0 Å². The summed E-state index contributed by atoms with van der Waals surface area (Å²) < 4.78 is 6.83. The first kappa shape index (κ1) is 13.5. The first-order valence-corrected chi connectivity index (χ1v) is 6.55. The Hall–Kier alpha value is -2.53. The summed E-state index contributed by atoms with van der Waals surface area (Å²) in [7, 11) is 1.55. The van der Waals surface area contributed by atoms with Crippen LogP contribution in [0.4, 0.5) is 0 Å². The summed E-state index contributed by atoms with van der Waals surface area (Å²) in [5.41, 5.74) is 1.31. The number of halogens is 1. The summed E-state index contributed by atoms with van der Waals surface area (Å²) in [5, 5.41) is 9.62. The van der Waals surface area contributed by atoms with Gasteiger partial charge in [-0.05, 0) is 24.3 Å². The number of imidazole rings is 1. The predicted octanol–water partition coefficient (Wildman–Crippen LogP) is 3.36. The van der Waals surface area contributed by atoms with Crippen molar-refractivity contribution in [1.82, 2.24) is 9.38 Å². The number of para-hydroxylation sites is 1. The van der Waals surface area contributed by atoms with E-state index in [0.29, 0.717) is 22.7 Å². The van der Waals surface area contributed by atoms with Crippen molar-refractivity contribution >= 4 is 23.1 Å². The van der Waals surface area contributed by atoms with Gasteiger partial charge in [-0.2, -0.15) is 0 Å². The molecule has 3 rings (SSSR count). The van der Waals surface area contributed by atoms with E-state index in [-0.39, 0.29) is 10.8 Å². The zero-order chi connectivity index (χ0) is 15.0. The third-order valence-electron chi connectivity index (χ3n) is 3.18. The number of carboxylic acid groups (broad SMARTS) is 1. The molecule has 0 aliphatic heterocycles. The molecule has 0 spiro atoms. The first-order valence-electron chi connectivity index (χ1n) is 6.17. The molecule has 0 aliphatic carbocycles. The van der Waals surface area contributed by atoms with Gasteiger partial charge in [-0.3, -0.25) is 4.40 Å². The van der Waals surface area contributed by atoms with Crippen LogP contribution in [0.25, 0.3) is 16.9 Å². The topological polar surface area (TPSA) is 63.8 Å². The average molecular weight is 303 g/mol. The third-order valence-corrected chi connectivity index (χ3v) is 3.46. The predicted molar refractivity (Wildman–Crippen MR) is 79.1 cm³/mol. The van der Waals surface area contributed by atoms with Gasteiger partial charge in [0.1, 0.15) is 11.4 Å². The molecule has 2 aromatic heterocycles. The van der Waals surface area contributed by atoms with Crippen molar-refractivity contribution in [2.24, 2.45) is 0 Å². The number of pyridine rings is 1. The molecule has 1 N–H and O–H groups in total. The maximum Gasteiger partial charge on any atom is 0.352 e. The fourth-order valence-corrected chi connectivity index (χ4v) is 2.50. The minimum atomic E-state index is -1.05. The first-order chi connectivity index (χ1) is 10.1. The van der Waals surface area contributed by atoms with Crippen LogP contribution in [0.2, 0.25) is 5.15 Å². The normalized spacial score (nSPS) is 10.8. The summed E-state index contributed by atoms with van der Waals surface area (Å²) in [6.45, 7) is 0. The molecule has 0 atom stereocenters. The van der Waals surface area contributed by atoms with Crippen molar-refractivity contribution in [2.45, 2.75) is 0 Å². The lowest BCUT2D eigenvalue weighted by molar-refractivity contribution is 0.0689. The van der Waals surface area contributed by atoms with E-state index >= 15 is 0 Å². The van der Waals surface area contributed by atoms with E-state index in [1.165, 1.54) is 10.5 Å². The molecule has 0 unspecified atom stereocenters. The maximum atomic E-state index is 11.4. The highest BCUT2D eigenvalue weighted by Crippen LogP contribution is 2.32. The summed E-state index contributed by atoms with van der Waals surface area (Å²) in [6, 6.07) is 12.1. The van der Waals surface area contributed by atoms with Gasteiger partial charge in [0.25, 0.3) is 0 Å². The lowest BCUT2D eigenvalue weighted by Gasteiger charge is -2.09. The number of nitrogens with zero attached hydrogens (tertiary/aromatic N) is 2. The Bertz CT molecular complexity index is 842. The van der Waals surface area contributed by atoms with Crippen LogP contribution in [0, 0.1) is 0 Å². The summed E-state index contributed by atoms with van der Waals surface area (Å²) in [4.78, 5) is 15.7. The fourth-order valence-electron chi connectivity index (χ4n) is 2.28. The number of benzene rings is 1. The van der Waals surface area contributed by atoms with E-state index < -0.39 is 5.97 Å². The number of hydrogen-bond acceptors (Lipinski definition) is 3. The van der Waals surface area contributed by atoms with Crippen molar-refractivity contribution < 1.29 is 14.6 Å². The molecule has 0 saturated heterocycles. The Morgan fingerprint density at radius 2 is 2.00 bits per heavy atom. The Morgan fingerprint density at radius 3 is 2.71 bits per heavy atom. The molecule has 21 heavy (non-hydrogen) atoms. The largest absolute Gasteiger partial charge is 0.496 e. The number of carboxylic acids is 1. The van der Waals surface area contributed by atoms with E-state index in [9.17, 15) is 9.90 Å². The van der Waals surface area contributed by atoms with Crippen molar-refractivity contribution in [3.8, 4) is 17.1 Å². The van der Waals surface area contributed by atoms with E-state index in [1.807, 2.05) is 18.2 Å². The smallest absolute Gasteiger partial charge is 0.352 e. The lowest BCUT2D eigenvalue weighted by atomic mass is 10.2. The molecule has 0 radical (unpaired) electrons. The highest BCUT2D eigenvalue weighted by atomic mass is 35.5. The minimum Gasteiger partial charge on any atom is -0.496 e. The molecular weight excluding hydrogens is 292 g/mol. The molecule has 106 valence electrons. The SMILES string of the molecule is COc1ccccc1-c1nc(Cl)c2cccc(C(=O)O)n12. The van der Waals surface area contributed by atoms with Crippen molar-refractivity contribution in [2.75, 3.05) is 7.11 Å². The maximum absolute atomic E-state index is 11.4. The van der Waals surface area contributed by atoms with Crippen LogP contribution in [0.3, 0.4) is 0 Å². The highest BCUT2D eigenvalue weighted by molar-refractivity contribution is 6.33. The monoisotopic (exact) mass is 302 g/mol. The van der Waals surface area contributed by atoms with Gasteiger partial charge in [0, 0.05) is 0 Å². The molecule has 6 heteroatoms. The van der Waals surface area contributed by atoms with Gasteiger partial charge in [-0.1, -0.05) is 29.8 Å². The minimum absolute atomic E-state index is 0.0906.